The Bertz CT molecular complexity index is 235. The predicted molar refractivity (Wildman–Crippen MR) is 52.1 cm³/mol. The maximum Gasteiger partial charge on any atom is 0.0239 e. The Kier molecular flexibility index (Phi) is 2.05. The number of hydrogen-bond donors (Lipinski definition) is 0. The summed E-state index contributed by atoms with van der Waals surface area (Å²) in [7, 11) is 0. The fourth-order valence-electron chi connectivity index (χ4n) is 1.99. The van der Waals surface area contributed by atoms with Crippen LogP contribution in [0.4, 0.5) is 0 Å². The van der Waals surface area contributed by atoms with Crippen LogP contribution in [0.5, 0.6) is 0 Å². The maximum atomic E-state index is 2.54. The Balaban J connectivity index is 2.08. The molecule has 1 aliphatic heterocycles. The molecule has 2 rings (SSSR count). The molecule has 0 aromatic rings. The average molecular weight is 163 g/mol. The van der Waals surface area contributed by atoms with Crippen LogP contribution in [0.2, 0.25) is 0 Å². The van der Waals surface area contributed by atoms with E-state index in [4.69, 9.17) is 0 Å². The van der Waals surface area contributed by atoms with E-state index in [1.54, 1.807) is 11.1 Å². The molecule has 0 aromatic heterocycles. The molecule has 0 aromatic carbocycles. The molecule has 0 bridgehead atoms. The van der Waals surface area contributed by atoms with Gasteiger partial charge in [0.2, 0.25) is 0 Å². The van der Waals surface area contributed by atoms with E-state index in [0.29, 0.717) is 6.04 Å². The lowest BCUT2D eigenvalue weighted by molar-refractivity contribution is 0.281. The minimum Gasteiger partial charge on any atom is -0.293 e. The second-order valence-electron chi connectivity index (χ2n) is 4.07. The molecule has 1 nitrogen and oxygen atoms in total. The summed E-state index contributed by atoms with van der Waals surface area (Å²) in [4.78, 5) is 2.54. The molecule has 0 amide bonds. The van der Waals surface area contributed by atoms with Gasteiger partial charge in [0.05, 0.1) is 0 Å². The van der Waals surface area contributed by atoms with Crippen molar-refractivity contribution < 1.29 is 0 Å². The Morgan fingerprint density at radius 3 is 2.83 bits per heavy atom. The van der Waals surface area contributed by atoms with Gasteiger partial charge in [0.1, 0.15) is 0 Å². The van der Waals surface area contributed by atoms with Crippen molar-refractivity contribution in [1.29, 1.82) is 0 Å². The first kappa shape index (κ1) is 8.06. The normalized spacial score (nSPS) is 23.9. The lowest BCUT2D eigenvalue weighted by Gasteiger charge is -2.20. The van der Waals surface area contributed by atoms with Crippen molar-refractivity contribution in [2.75, 3.05) is 13.1 Å². The third-order valence-corrected chi connectivity index (χ3v) is 2.88. The molecule has 12 heavy (non-hydrogen) atoms. The first-order chi connectivity index (χ1) is 5.77. The van der Waals surface area contributed by atoms with Gasteiger partial charge < -0.3 is 0 Å². The van der Waals surface area contributed by atoms with Gasteiger partial charge in [0, 0.05) is 19.1 Å². The van der Waals surface area contributed by atoms with Crippen molar-refractivity contribution in [3.8, 4) is 0 Å². The molecule has 1 heteroatoms. The number of hydrogen-bond acceptors (Lipinski definition) is 1. The highest BCUT2D eigenvalue weighted by Gasteiger charge is 2.22. The second kappa shape index (κ2) is 3.06. The van der Waals surface area contributed by atoms with Gasteiger partial charge in [-0.25, -0.2) is 0 Å². The minimum atomic E-state index is 0.698. The van der Waals surface area contributed by atoms with Crippen molar-refractivity contribution in [2.45, 2.75) is 32.7 Å². The summed E-state index contributed by atoms with van der Waals surface area (Å²) in [6, 6.07) is 0.698. The predicted octanol–water partition coefficient (Wildman–Crippen LogP) is 2.36. The van der Waals surface area contributed by atoms with Crippen LogP contribution in [0.25, 0.3) is 0 Å². The maximum absolute atomic E-state index is 2.54. The summed E-state index contributed by atoms with van der Waals surface area (Å²) in [6.45, 7) is 6.96. The molecule has 2 aliphatic rings. The van der Waals surface area contributed by atoms with E-state index in [9.17, 15) is 0 Å². The third-order valence-electron chi connectivity index (χ3n) is 2.88. The molecule has 0 saturated carbocycles. The van der Waals surface area contributed by atoms with Crippen molar-refractivity contribution in [3.63, 3.8) is 0 Å². The molecular weight excluding hydrogens is 146 g/mol. The van der Waals surface area contributed by atoms with Gasteiger partial charge in [-0.3, -0.25) is 4.90 Å². The Labute approximate surface area is 74.8 Å². The number of rotatable bonds is 1. The van der Waals surface area contributed by atoms with Crippen LogP contribution < -0.4 is 0 Å². The zero-order chi connectivity index (χ0) is 8.55. The fraction of sp³-hybridized carbons (Fsp3) is 0.636. The topological polar surface area (TPSA) is 3.24 Å². The van der Waals surface area contributed by atoms with Gasteiger partial charge in [0.15, 0.2) is 0 Å². The highest BCUT2D eigenvalue weighted by Crippen LogP contribution is 2.27. The largest absolute Gasteiger partial charge is 0.293 e. The first-order valence-corrected chi connectivity index (χ1v) is 4.89. The molecule has 1 aliphatic carbocycles. The van der Waals surface area contributed by atoms with Crippen LogP contribution in [-0.4, -0.2) is 24.0 Å². The lowest BCUT2D eigenvalue weighted by Crippen LogP contribution is -2.28. The monoisotopic (exact) mass is 163 g/mol. The Morgan fingerprint density at radius 1 is 1.33 bits per heavy atom. The van der Waals surface area contributed by atoms with Gasteiger partial charge in [0.25, 0.3) is 0 Å². The SMILES string of the molecule is CC(C)N1CC2=C(CCC=C2)C1. The minimum absolute atomic E-state index is 0.698. The molecule has 66 valence electrons. The van der Waals surface area contributed by atoms with Gasteiger partial charge in [-0.05, 0) is 32.3 Å². The summed E-state index contributed by atoms with van der Waals surface area (Å²) < 4.78 is 0. The van der Waals surface area contributed by atoms with E-state index in [1.807, 2.05) is 0 Å². The molecule has 0 radical (unpaired) electrons. The summed E-state index contributed by atoms with van der Waals surface area (Å²) in [6.07, 6.45) is 7.18. The standard InChI is InChI=1S/C11H17N/c1-9(2)12-7-10-5-3-4-6-11(10)8-12/h3,5,9H,4,6-8H2,1-2H3. The van der Waals surface area contributed by atoms with Gasteiger partial charge in [-0.2, -0.15) is 0 Å². The van der Waals surface area contributed by atoms with E-state index < -0.39 is 0 Å². The fourth-order valence-corrected chi connectivity index (χ4v) is 1.99. The summed E-state index contributed by atoms with van der Waals surface area (Å²) >= 11 is 0. The van der Waals surface area contributed by atoms with Crippen LogP contribution in [0.1, 0.15) is 26.7 Å². The molecule has 1 heterocycles. The average Bonchev–Trinajstić information content (AvgIpc) is 2.46. The second-order valence-corrected chi connectivity index (χ2v) is 4.07. The summed E-state index contributed by atoms with van der Waals surface area (Å²) in [5, 5.41) is 0. The van der Waals surface area contributed by atoms with Gasteiger partial charge in [-0.15, -0.1) is 0 Å². The highest BCUT2D eigenvalue weighted by atomic mass is 15.2. The lowest BCUT2D eigenvalue weighted by atomic mass is 10.0. The van der Waals surface area contributed by atoms with Crippen molar-refractivity contribution in [3.05, 3.63) is 23.3 Å². The summed E-state index contributed by atoms with van der Waals surface area (Å²) in [5.74, 6) is 0. The zero-order valence-electron chi connectivity index (χ0n) is 8.01. The van der Waals surface area contributed by atoms with E-state index in [-0.39, 0.29) is 0 Å². The van der Waals surface area contributed by atoms with Crippen molar-refractivity contribution in [1.82, 2.24) is 4.90 Å². The highest BCUT2D eigenvalue weighted by molar-refractivity contribution is 5.35. The summed E-state index contributed by atoms with van der Waals surface area (Å²) in [5.41, 5.74) is 3.28. The molecule has 0 unspecified atom stereocenters. The van der Waals surface area contributed by atoms with Crippen LogP contribution in [0.15, 0.2) is 23.3 Å². The Hall–Kier alpha value is -0.560. The van der Waals surface area contributed by atoms with Crippen LogP contribution in [-0.2, 0) is 0 Å². The van der Waals surface area contributed by atoms with Gasteiger partial charge in [-0.1, -0.05) is 17.7 Å². The quantitative estimate of drug-likeness (QED) is 0.573. The van der Waals surface area contributed by atoms with E-state index in [0.717, 1.165) is 0 Å². The first-order valence-electron chi connectivity index (χ1n) is 4.89. The molecule has 0 fully saturated rings. The molecule has 0 N–H and O–H groups in total. The third kappa shape index (κ3) is 1.34. The van der Waals surface area contributed by atoms with Crippen LogP contribution in [0, 0.1) is 0 Å². The van der Waals surface area contributed by atoms with Crippen molar-refractivity contribution >= 4 is 0 Å². The smallest absolute Gasteiger partial charge is 0.0239 e. The molecular formula is C11H17N. The van der Waals surface area contributed by atoms with Crippen LogP contribution in [0.3, 0.4) is 0 Å². The van der Waals surface area contributed by atoms with E-state index in [1.165, 1.54) is 25.9 Å². The van der Waals surface area contributed by atoms with Crippen LogP contribution >= 0.6 is 0 Å². The Morgan fingerprint density at radius 2 is 2.17 bits per heavy atom. The molecule has 0 spiro atoms. The molecule has 0 saturated heterocycles. The molecule has 0 atom stereocenters. The van der Waals surface area contributed by atoms with Crippen molar-refractivity contribution in [2.24, 2.45) is 0 Å². The number of nitrogens with zero attached hydrogens (tertiary/aromatic N) is 1. The van der Waals surface area contributed by atoms with E-state index >= 15 is 0 Å². The zero-order valence-corrected chi connectivity index (χ0v) is 8.01. The van der Waals surface area contributed by atoms with E-state index in [2.05, 4.69) is 30.9 Å². The van der Waals surface area contributed by atoms with Gasteiger partial charge >= 0.3 is 0 Å². The number of allylic oxidation sites excluding steroid dienone is 1.